The van der Waals surface area contributed by atoms with E-state index >= 15 is 0 Å². The van der Waals surface area contributed by atoms with Gasteiger partial charge in [0, 0.05) is 5.56 Å². The molecular formula is C11H6BrClF2N2O. The normalized spacial score (nSPS) is 10.7. The summed E-state index contributed by atoms with van der Waals surface area (Å²) in [6.07, 6.45) is 1.14. The average Bonchev–Trinajstić information content (AvgIpc) is 2.34. The molecule has 2 aromatic rings. The van der Waals surface area contributed by atoms with Gasteiger partial charge in [-0.3, -0.25) is 9.36 Å². The minimum atomic E-state index is -0.715. The van der Waals surface area contributed by atoms with Crippen LogP contribution in [0.2, 0.25) is 5.15 Å². The van der Waals surface area contributed by atoms with E-state index in [2.05, 4.69) is 20.9 Å². The molecule has 94 valence electrons. The van der Waals surface area contributed by atoms with Crippen LogP contribution in [0, 0.1) is 11.6 Å². The maximum atomic E-state index is 13.4. The Kier molecular flexibility index (Phi) is 3.77. The molecule has 0 N–H and O–H groups in total. The highest BCUT2D eigenvalue weighted by Crippen LogP contribution is 2.16. The molecule has 0 aliphatic carbocycles. The van der Waals surface area contributed by atoms with Gasteiger partial charge < -0.3 is 0 Å². The Morgan fingerprint density at radius 2 is 1.94 bits per heavy atom. The van der Waals surface area contributed by atoms with Gasteiger partial charge in [0.2, 0.25) is 0 Å². The predicted octanol–water partition coefficient (Wildman–Crippen LogP) is 2.99. The van der Waals surface area contributed by atoms with E-state index in [9.17, 15) is 13.6 Å². The van der Waals surface area contributed by atoms with E-state index < -0.39 is 17.2 Å². The van der Waals surface area contributed by atoms with Crippen molar-refractivity contribution in [1.82, 2.24) is 9.55 Å². The average molecular weight is 336 g/mol. The number of rotatable bonds is 2. The maximum Gasteiger partial charge on any atom is 0.269 e. The van der Waals surface area contributed by atoms with E-state index in [0.717, 1.165) is 23.0 Å². The summed E-state index contributed by atoms with van der Waals surface area (Å²) in [5.74, 6) is -1.43. The third-order valence-corrected chi connectivity index (χ3v) is 3.56. The first-order chi connectivity index (χ1) is 8.50. The fourth-order valence-corrected chi connectivity index (χ4v) is 1.86. The summed E-state index contributed by atoms with van der Waals surface area (Å²) in [6, 6.07) is 3.51. The Labute approximate surface area is 114 Å². The second-order valence-corrected chi connectivity index (χ2v) is 4.63. The number of aromatic nitrogens is 2. The Balaban J connectivity index is 2.47. The number of halogens is 4. The number of nitrogens with zero attached hydrogens (tertiary/aromatic N) is 2. The Morgan fingerprint density at radius 3 is 2.56 bits per heavy atom. The molecule has 0 aliphatic heterocycles. The van der Waals surface area contributed by atoms with Gasteiger partial charge in [-0.2, -0.15) is 0 Å². The van der Waals surface area contributed by atoms with Crippen LogP contribution in [0.5, 0.6) is 0 Å². The molecule has 0 radical (unpaired) electrons. The molecule has 3 nitrogen and oxygen atoms in total. The van der Waals surface area contributed by atoms with Crippen molar-refractivity contribution in [3.63, 3.8) is 0 Å². The Bertz CT molecular complexity index is 640. The lowest BCUT2D eigenvalue weighted by Crippen LogP contribution is -2.22. The number of hydrogen-bond acceptors (Lipinski definition) is 2. The second kappa shape index (κ2) is 5.16. The SMILES string of the molecule is O=c1c(Br)c(Cl)ncn1Cc1c(F)cccc1F. The van der Waals surface area contributed by atoms with E-state index in [1.807, 2.05) is 0 Å². The van der Waals surface area contributed by atoms with Crippen molar-refractivity contribution >= 4 is 27.5 Å². The highest BCUT2D eigenvalue weighted by atomic mass is 79.9. The third-order valence-electron chi connectivity index (χ3n) is 2.33. The molecule has 2 rings (SSSR count). The smallest absolute Gasteiger partial charge is 0.269 e. The van der Waals surface area contributed by atoms with Crippen LogP contribution in [0.4, 0.5) is 8.78 Å². The second-order valence-electron chi connectivity index (χ2n) is 3.48. The summed E-state index contributed by atoms with van der Waals surface area (Å²) < 4.78 is 28.0. The maximum absolute atomic E-state index is 13.4. The fourth-order valence-electron chi connectivity index (χ4n) is 1.41. The van der Waals surface area contributed by atoms with Crippen LogP contribution in [-0.2, 0) is 6.54 Å². The van der Waals surface area contributed by atoms with E-state index in [1.165, 1.54) is 6.07 Å². The standard InChI is InChI=1S/C11H6BrClF2N2O/c12-9-10(13)16-5-17(11(9)18)4-6-7(14)2-1-3-8(6)15/h1-3,5H,4H2. The van der Waals surface area contributed by atoms with Gasteiger partial charge in [-0.1, -0.05) is 17.7 Å². The van der Waals surface area contributed by atoms with Crippen LogP contribution >= 0.6 is 27.5 Å². The van der Waals surface area contributed by atoms with Crippen LogP contribution in [0.3, 0.4) is 0 Å². The van der Waals surface area contributed by atoms with Gasteiger partial charge in [-0.25, -0.2) is 13.8 Å². The fraction of sp³-hybridized carbons (Fsp3) is 0.0909. The van der Waals surface area contributed by atoms with Gasteiger partial charge in [0.15, 0.2) is 5.15 Å². The van der Waals surface area contributed by atoms with Gasteiger partial charge in [0.1, 0.15) is 16.1 Å². The van der Waals surface area contributed by atoms with Crippen molar-refractivity contribution in [3.05, 3.63) is 61.7 Å². The van der Waals surface area contributed by atoms with Crippen LogP contribution in [0.15, 0.2) is 33.8 Å². The summed E-state index contributed by atoms with van der Waals surface area (Å²) in [7, 11) is 0. The first-order valence-corrected chi connectivity index (χ1v) is 6.01. The monoisotopic (exact) mass is 334 g/mol. The Morgan fingerprint density at radius 1 is 1.33 bits per heavy atom. The number of benzene rings is 1. The molecule has 0 amide bonds. The largest absolute Gasteiger partial charge is 0.293 e. The van der Waals surface area contributed by atoms with Crippen molar-refractivity contribution < 1.29 is 8.78 Å². The molecule has 18 heavy (non-hydrogen) atoms. The lowest BCUT2D eigenvalue weighted by molar-refractivity contribution is 0.539. The van der Waals surface area contributed by atoms with Crippen LogP contribution in [0.25, 0.3) is 0 Å². The predicted molar refractivity (Wildman–Crippen MR) is 66.7 cm³/mol. The van der Waals surface area contributed by atoms with Crippen molar-refractivity contribution in [2.24, 2.45) is 0 Å². The zero-order valence-corrected chi connectivity index (χ0v) is 11.2. The summed E-state index contributed by atoms with van der Waals surface area (Å²) in [5, 5.41) is 0.00487. The summed E-state index contributed by atoms with van der Waals surface area (Å²) in [5.41, 5.74) is -0.701. The lowest BCUT2D eigenvalue weighted by Gasteiger charge is -2.08. The molecule has 0 saturated carbocycles. The molecule has 0 aliphatic rings. The molecule has 0 atom stereocenters. The Hall–Kier alpha value is -1.27. The molecular weight excluding hydrogens is 329 g/mol. The van der Waals surface area contributed by atoms with Gasteiger partial charge in [0.05, 0.1) is 12.9 Å². The van der Waals surface area contributed by atoms with Crippen LogP contribution in [0.1, 0.15) is 5.56 Å². The minimum absolute atomic E-state index is 0.00487. The molecule has 0 saturated heterocycles. The van der Waals surface area contributed by atoms with E-state index in [1.54, 1.807) is 0 Å². The van der Waals surface area contributed by atoms with Crippen molar-refractivity contribution in [1.29, 1.82) is 0 Å². The summed E-state index contributed by atoms with van der Waals surface area (Å²) in [6.45, 7) is -0.250. The topological polar surface area (TPSA) is 34.9 Å². The first-order valence-electron chi connectivity index (χ1n) is 4.84. The quantitative estimate of drug-likeness (QED) is 0.791. The van der Waals surface area contributed by atoms with Crippen molar-refractivity contribution in [2.45, 2.75) is 6.54 Å². The molecule has 1 aromatic carbocycles. The summed E-state index contributed by atoms with van der Waals surface area (Å²) >= 11 is 8.60. The molecule has 7 heteroatoms. The third kappa shape index (κ3) is 2.44. The van der Waals surface area contributed by atoms with Crippen LogP contribution < -0.4 is 5.56 Å². The zero-order chi connectivity index (χ0) is 13.3. The van der Waals surface area contributed by atoms with E-state index in [4.69, 9.17) is 11.6 Å². The van der Waals surface area contributed by atoms with Crippen LogP contribution in [-0.4, -0.2) is 9.55 Å². The first kappa shape index (κ1) is 13.2. The molecule has 0 fully saturated rings. The number of hydrogen-bond donors (Lipinski definition) is 0. The molecule has 1 heterocycles. The lowest BCUT2D eigenvalue weighted by atomic mass is 10.2. The molecule has 0 unspecified atom stereocenters. The zero-order valence-electron chi connectivity index (χ0n) is 8.83. The summed E-state index contributed by atoms with van der Waals surface area (Å²) in [4.78, 5) is 15.5. The van der Waals surface area contributed by atoms with Crippen molar-refractivity contribution in [2.75, 3.05) is 0 Å². The van der Waals surface area contributed by atoms with Gasteiger partial charge in [-0.15, -0.1) is 0 Å². The van der Waals surface area contributed by atoms with Gasteiger partial charge in [0.25, 0.3) is 5.56 Å². The molecule has 0 bridgehead atoms. The highest BCUT2D eigenvalue weighted by molar-refractivity contribution is 9.10. The van der Waals surface area contributed by atoms with Gasteiger partial charge >= 0.3 is 0 Å². The molecule has 0 spiro atoms. The minimum Gasteiger partial charge on any atom is -0.293 e. The van der Waals surface area contributed by atoms with Gasteiger partial charge in [-0.05, 0) is 28.1 Å². The molecule has 1 aromatic heterocycles. The van der Waals surface area contributed by atoms with E-state index in [0.29, 0.717) is 0 Å². The highest BCUT2D eigenvalue weighted by Gasteiger charge is 2.12. The van der Waals surface area contributed by atoms with Crippen molar-refractivity contribution in [3.8, 4) is 0 Å². The van der Waals surface area contributed by atoms with E-state index in [-0.39, 0.29) is 21.7 Å².